The van der Waals surface area contributed by atoms with Crippen molar-refractivity contribution in [2.24, 2.45) is 0 Å². The number of nitrogens with zero attached hydrogens (tertiary/aromatic N) is 2. The van der Waals surface area contributed by atoms with Crippen LogP contribution < -0.4 is 15.4 Å². The van der Waals surface area contributed by atoms with Crippen LogP contribution in [0, 0.1) is 12.7 Å². The van der Waals surface area contributed by atoms with Crippen molar-refractivity contribution < 1.29 is 22.3 Å². The largest absolute Gasteiger partial charge is 0.489 e. The summed E-state index contributed by atoms with van der Waals surface area (Å²) in [5.74, 6) is -0.257. The number of pyridine rings is 1. The summed E-state index contributed by atoms with van der Waals surface area (Å²) in [6, 6.07) is 14.5. The predicted molar refractivity (Wildman–Crippen MR) is 143 cm³/mol. The average molecular weight is 541 g/mol. The summed E-state index contributed by atoms with van der Waals surface area (Å²) in [5, 5.41) is 6.32. The number of aromatic nitrogens is 1. The van der Waals surface area contributed by atoms with Crippen molar-refractivity contribution in [1.82, 2.24) is 19.9 Å². The standard InChI is InChI=1S/C28H33FN4O4S/c1-20-5-3-7-28(11-20)38(35,36)33-10-9-31-26(18-33)16-25(32-21(2)34)13-23-12-24(29)15-27(14-23)37-19-22-6-4-8-30-17-22/h3-8,11-12,14-15,17,25-26,31H,9-10,13,16,18-19H2,1-2H3,(H,32,34)/t25-,26-/m0/s1. The Kier molecular flexibility index (Phi) is 9.09. The topological polar surface area (TPSA) is 101 Å². The number of piperazine rings is 1. The number of ether oxygens (including phenoxy) is 1. The van der Waals surface area contributed by atoms with Crippen LogP contribution in [0.3, 0.4) is 0 Å². The Bertz CT molecular complexity index is 1350. The molecule has 10 heteroatoms. The van der Waals surface area contributed by atoms with E-state index in [1.54, 1.807) is 42.7 Å². The van der Waals surface area contributed by atoms with Crippen LogP contribution in [0.15, 0.2) is 71.9 Å². The van der Waals surface area contributed by atoms with Gasteiger partial charge in [-0.15, -0.1) is 0 Å². The third-order valence-electron chi connectivity index (χ3n) is 6.36. The maximum Gasteiger partial charge on any atom is 0.243 e. The summed E-state index contributed by atoms with van der Waals surface area (Å²) < 4.78 is 48.2. The Balaban J connectivity index is 1.44. The minimum Gasteiger partial charge on any atom is -0.489 e. The Hall–Kier alpha value is -3.34. The fraction of sp³-hybridized carbons (Fsp3) is 0.357. The van der Waals surface area contributed by atoms with Gasteiger partial charge in [-0.1, -0.05) is 18.2 Å². The van der Waals surface area contributed by atoms with Crippen LogP contribution in [0.2, 0.25) is 0 Å². The number of sulfonamides is 1. The summed E-state index contributed by atoms with van der Waals surface area (Å²) in [7, 11) is -3.64. The fourth-order valence-electron chi connectivity index (χ4n) is 4.68. The first kappa shape index (κ1) is 27.7. The van der Waals surface area contributed by atoms with E-state index in [0.717, 1.165) is 11.1 Å². The van der Waals surface area contributed by atoms with Crippen molar-refractivity contribution in [3.63, 3.8) is 0 Å². The van der Waals surface area contributed by atoms with Crippen molar-refractivity contribution in [2.75, 3.05) is 19.6 Å². The Labute approximate surface area is 223 Å². The van der Waals surface area contributed by atoms with E-state index in [1.807, 2.05) is 19.1 Å². The molecule has 0 spiro atoms. The number of carbonyl (C=O) groups excluding carboxylic acids is 1. The molecule has 0 unspecified atom stereocenters. The molecule has 202 valence electrons. The average Bonchev–Trinajstić information content (AvgIpc) is 2.87. The molecule has 0 bridgehead atoms. The molecule has 8 nitrogen and oxygen atoms in total. The number of aryl methyl sites for hydroxylation is 1. The molecule has 1 fully saturated rings. The monoisotopic (exact) mass is 540 g/mol. The van der Waals surface area contributed by atoms with Crippen LogP contribution in [0.25, 0.3) is 0 Å². The molecule has 1 aromatic heterocycles. The van der Waals surface area contributed by atoms with E-state index in [4.69, 9.17) is 4.74 Å². The number of nitrogens with one attached hydrogen (secondary N) is 2. The second-order valence-electron chi connectivity index (χ2n) is 9.61. The van der Waals surface area contributed by atoms with E-state index in [9.17, 15) is 17.6 Å². The first-order valence-corrected chi connectivity index (χ1v) is 14.0. The van der Waals surface area contributed by atoms with E-state index < -0.39 is 15.8 Å². The molecular weight excluding hydrogens is 507 g/mol. The highest BCUT2D eigenvalue weighted by Gasteiger charge is 2.31. The van der Waals surface area contributed by atoms with Gasteiger partial charge in [0.05, 0.1) is 4.90 Å². The fourth-order valence-corrected chi connectivity index (χ4v) is 6.27. The van der Waals surface area contributed by atoms with Gasteiger partial charge in [0, 0.05) is 62.7 Å². The van der Waals surface area contributed by atoms with E-state index >= 15 is 0 Å². The van der Waals surface area contributed by atoms with Crippen LogP contribution in [0.4, 0.5) is 4.39 Å². The quantitative estimate of drug-likeness (QED) is 0.410. The van der Waals surface area contributed by atoms with E-state index in [1.165, 1.54) is 23.4 Å². The van der Waals surface area contributed by atoms with Gasteiger partial charge in [0.1, 0.15) is 18.2 Å². The minimum absolute atomic E-state index is 0.185. The maximum absolute atomic E-state index is 14.4. The molecule has 2 heterocycles. The van der Waals surface area contributed by atoms with Crippen LogP contribution in [0.5, 0.6) is 5.75 Å². The van der Waals surface area contributed by atoms with Gasteiger partial charge in [-0.25, -0.2) is 12.8 Å². The Morgan fingerprint density at radius 2 is 2.05 bits per heavy atom. The second-order valence-corrected chi connectivity index (χ2v) is 11.6. The van der Waals surface area contributed by atoms with Crippen LogP contribution in [-0.4, -0.2) is 55.3 Å². The number of halogens is 1. The highest BCUT2D eigenvalue weighted by atomic mass is 32.2. The van der Waals surface area contributed by atoms with Crippen molar-refractivity contribution in [2.45, 2.75) is 50.3 Å². The van der Waals surface area contributed by atoms with Crippen LogP contribution in [-0.2, 0) is 27.8 Å². The lowest BCUT2D eigenvalue weighted by Gasteiger charge is -2.35. The third kappa shape index (κ3) is 7.59. The van der Waals surface area contributed by atoms with Gasteiger partial charge in [-0.2, -0.15) is 4.31 Å². The number of carbonyl (C=O) groups is 1. The number of benzene rings is 2. The summed E-state index contributed by atoms with van der Waals surface area (Å²) in [5.41, 5.74) is 2.41. The normalized spacial score (nSPS) is 17.1. The van der Waals surface area contributed by atoms with Crippen molar-refractivity contribution in [1.29, 1.82) is 0 Å². The molecule has 1 aliphatic rings. The number of rotatable bonds is 10. The maximum atomic E-state index is 14.4. The Morgan fingerprint density at radius 1 is 1.21 bits per heavy atom. The van der Waals surface area contributed by atoms with Gasteiger partial charge in [0.2, 0.25) is 15.9 Å². The van der Waals surface area contributed by atoms with E-state index in [-0.39, 0.29) is 36.0 Å². The molecule has 2 atom stereocenters. The zero-order valence-electron chi connectivity index (χ0n) is 21.6. The third-order valence-corrected chi connectivity index (χ3v) is 8.22. The van der Waals surface area contributed by atoms with Gasteiger partial charge >= 0.3 is 0 Å². The zero-order chi connectivity index (χ0) is 27.1. The molecule has 0 radical (unpaired) electrons. The lowest BCUT2D eigenvalue weighted by molar-refractivity contribution is -0.119. The SMILES string of the molecule is CC(=O)N[C@@H](Cc1cc(F)cc(OCc2cccnc2)c1)C[C@H]1CN(S(=O)(=O)c2cccc(C)c2)CCN1. The van der Waals surface area contributed by atoms with E-state index in [0.29, 0.717) is 37.2 Å². The highest BCUT2D eigenvalue weighted by molar-refractivity contribution is 7.89. The number of hydrogen-bond donors (Lipinski definition) is 2. The molecule has 2 N–H and O–H groups in total. The molecular formula is C28H33FN4O4S. The molecule has 1 saturated heterocycles. The van der Waals surface area contributed by atoms with Gasteiger partial charge in [0.25, 0.3) is 0 Å². The minimum atomic E-state index is -3.64. The first-order valence-electron chi connectivity index (χ1n) is 12.6. The zero-order valence-corrected chi connectivity index (χ0v) is 22.4. The van der Waals surface area contributed by atoms with Gasteiger partial charge in [-0.05, 0) is 61.2 Å². The summed E-state index contributed by atoms with van der Waals surface area (Å²) >= 11 is 0. The van der Waals surface area contributed by atoms with E-state index in [2.05, 4.69) is 15.6 Å². The lowest BCUT2D eigenvalue weighted by Crippen LogP contribution is -2.54. The highest BCUT2D eigenvalue weighted by Crippen LogP contribution is 2.22. The molecule has 1 aliphatic heterocycles. The second kappa shape index (κ2) is 12.5. The summed E-state index contributed by atoms with van der Waals surface area (Å²) in [4.78, 5) is 16.3. The number of amides is 1. The summed E-state index contributed by atoms with van der Waals surface area (Å²) in [6.45, 7) is 4.68. The molecule has 1 amide bonds. The van der Waals surface area contributed by atoms with Crippen LogP contribution >= 0.6 is 0 Å². The van der Waals surface area contributed by atoms with Crippen molar-refractivity contribution >= 4 is 15.9 Å². The Morgan fingerprint density at radius 3 is 2.79 bits per heavy atom. The van der Waals surface area contributed by atoms with Gasteiger partial charge in [-0.3, -0.25) is 9.78 Å². The molecule has 0 aliphatic carbocycles. The van der Waals surface area contributed by atoms with Gasteiger partial charge in [0.15, 0.2) is 0 Å². The number of hydrogen-bond acceptors (Lipinski definition) is 6. The lowest BCUT2D eigenvalue weighted by atomic mass is 9.98. The molecule has 3 aromatic rings. The molecule has 4 rings (SSSR count). The van der Waals surface area contributed by atoms with Crippen molar-refractivity contribution in [3.05, 3.63) is 89.5 Å². The predicted octanol–water partition coefficient (Wildman–Crippen LogP) is 3.21. The van der Waals surface area contributed by atoms with Crippen molar-refractivity contribution in [3.8, 4) is 5.75 Å². The summed E-state index contributed by atoms with van der Waals surface area (Å²) in [6.07, 6.45) is 4.20. The van der Waals surface area contributed by atoms with Gasteiger partial charge < -0.3 is 15.4 Å². The molecule has 2 aromatic carbocycles. The molecule has 38 heavy (non-hydrogen) atoms. The first-order chi connectivity index (χ1) is 18.2. The smallest absolute Gasteiger partial charge is 0.243 e. The van der Waals surface area contributed by atoms with Crippen LogP contribution in [0.1, 0.15) is 30.0 Å². The molecule has 0 saturated carbocycles.